The van der Waals surface area contributed by atoms with Gasteiger partial charge in [0, 0.05) is 23.9 Å². The largest absolute Gasteiger partial charge is 0.361 e. The van der Waals surface area contributed by atoms with E-state index in [1.54, 1.807) is 0 Å². The van der Waals surface area contributed by atoms with Crippen molar-refractivity contribution in [1.29, 1.82) is 0 Å². The lowest BCUT2D eigenvalue weighted by molar-refractivity contribution is -0.265. The Morgan fingerprint density at radius 1 is 1.16 bits per heavy atom. The molecular formula is C22H31NO2. The average molecular weight is 341 g/mol. The van der Waals surface area contributed by atoms with Gasteiger partial charge in [0.05, 0.1) is 6.61 Å². The van der Waals surface area contributed by atoms with Crippen LogP contribution in [0.5, 0.6) is 0 Å². The van der Waals surface area contributed by atoms with Crippen LogP contribution in [0, 0.1) is 34.0 Å². The van der Waals surface area contributed by atoms with Crippen molar-refractivity contribution in [1.82, 2.24) is 4.90 Å². The van der Waals surface area contributed by atoms with E-state index in [1.165, 1.54) is 45.1 Å². The van der Waals surface area contributed by atoms with Crippen molar-refractivity contribution in [2.45, 2.75) is 64.5 Å². The molecule has 2 heterocycles. The minimum atomic E-state index is -0.0797. The fraction of sp³-hybridized carbons (Fsp3) is 0.864. The smallest absolute Gasteiger partial charge is 0.165 e. The molecule has 7 unspecified atom stereocenters. The van der Waals surface area contributed by atoms with E-state index in [4.69, 9.17) is 4.74 Å². The Morgan fingerprint density at radius 2 is 2.04 bits per heavy atom. The Morgan fingerprint density at radius 3 is 2.92 bits per heavy atom. The van der Waals surface area contributed by atoms with Crippen LogP contribution in [0.1, 0.15) is 58.3 Å². The first-order valence-corrected chi connectivity index (χ1v) is 10.6. The number of carbonyl (C=O) groups is 1. The second kappa shape index (κ2) is 4.59. The summed E-state index contributed by atoms with van der Waals surface area (Å²) in [6, 6.07) is 0. The minimum Gasteiger partial charge on any atom is -0.361 e. The lowest BCUT2D eigenvalue weighted by Gasteiger charge is -2.70. The van der Waals surface area contributed by atoms with Crippen LogP contribution in [-0.2, 0) is 9.53 Å². The molecule has 3 heteroatoms. The minimum absolute atomic E-state index is 0.0797. The van der Waals surface area contributed by atoms with Crippen LogP contribution in [0.4, 0.5) is 0 Å². The molecule has 3 nitrogen and oxygen atoms in total. The van der Waals surface area contributed by atoms with E-state index >= 15 is 0 Å². The standard InChI is InChI=1S/C22H31NO2/c1-14-15-4-5-17-21(12-15,18(14)24)9-6-16-20(2)7-3-8-22(16,17)19-23(13-20)10-11-25-19/h15-17,19H,1,3-13H2,2H3. The maximum Gasteiger partial charge on any atom is 0.165 e. The number of carbonyl (C=O) groups excluding carboxylic acids is 1. The van der Waals surface area contributed by atoms with Crippen LogP contribution < -0.4 is 0 Å². The van der Waals surface area contributed by atoms with Gasteiger partial charge in [-0.05, 0) is 73.7 Å². The molecule has 0 radical (unpaired) electrons. The summed E-state index contributed by atoms with van der Waals surface area (Å²) in [5, 5.41) is 0. The van der Waals surface area contributed by atoms with E-state index in [-0.39, 0.29) is 17.1 Å². The molecule has 6 rings (SSSR count). The van der Waals surface area contributed by atoms with Crippen LogP contribution >= 0.6 is 0 Å². The maximum absolute atomic E-state index is 13.4. The van der Waals surface area contributed by atoms with Gasteiger partial charge in [-0.15, -0.1) is 0 Å². The number of nitrogens with zero attached hydrogens (tertiary/aromatic N) is 1. The van der Waals surface area contributed by atoms with Gasteiger partial charge in [-0.1, -0.05) is 19.9 Å². The van der Waals surface area contributed by atoms with E-state index < -0.39 is 0 Å². The fourth-order valence-corrected chi connectivity index (χ4v) is 9.07. The maximum atomic E-state index is 13.4. The summed E-state index contributed by atoms with van der Waals surface area (Å²) < 4.78 is 6.45. The summed E-state index contributed by atoms with van der Waals surface area (Å²) in [4.78, 5) is 16.1. The number of piperidine rings is 1. The monoisotopic (exact) mass is 341 g/mol. The summed E-state index contributed by atoms with van der Waals surface area (Å²) in [6.45, 7) is 9.99. The van der Waals surface area contributed by atoms with E-state index in [0.717, 1.165) is 37.5 Å². The summed E-state index contributed by atoms with van der Waals surface area (Å²) in [5.74, 6) is 2.22. The van der Waals surface area contributed by atoms with Crippen molar-refractivity contribution in [3.63, 3.8) is 0 Å². The third kappa shape index (κ3) is 1.57. The molecule has 0 aromatic carbocycles. The van der Waals surface area contributed by atoms with Crippen LogP contribution in [0.25, 0.3) is 0 Å². The number of hydrogen-bond acceptors (Lipinski definition) is 3. The molecule has 0 N–H and O–H groups in total. The zero-order chi connectivity index (χ0) is 17.0. The topological polar surface area (TPSA) is 29.5 Å². The summed E-state index contributed by atoms with van der Waals surface area (Å²) in [5.41, 5.74) is 1.55. The zero-order valence-corrected chi connectivity index (χ0v) is 15.6. The van der Waals surface area contributed by atoms with Crippen LogP contribution in [-0.4, -0.2) is 36.6 Å². The summed E-state index contributed by atoms with van der Waals surface area (Å²) >= 11 is 0. The number of hydrogen-bond donors (Lipinski definition) is 0. The molecule has 6 aliphatic rings. The highest BCUT2D eigenvalue weighted by molar-refractivity contribution is 6.03. The van der Waals surface area contributed by atoms with Crippen molar-refractivity contribution < 1.29 is 9.53 Å². The molecule has 2 saturated heterocycles. The summed E-state index contributed by atoms with van der Waals surface area (Å²) in [7, 11) is 0. The first kappa shape index (κ1) is 15.4. The van der Waals surface area contributed by atoms with E-state index in [2.05, 4.69) is 18.4 Å². The molecular weight excluding hydrogens is 310 g/mol. The highest BCUT2D eigenvalue weighted by Gasteiger charge is 2.73. The van der Waals surface area contributed by atoms with Crippen molar-refractivity contribution in [3.05, 3.63) is 12.2 Å². The molecule has 7 atom stereocenters. The summed E-state index contributed by atoms with van der Waals surface area (Å²) in [6.07, 6.45) is 10.2. The third-order valence-electron chi connectivity index (χ3n) is 9.70. The van der Waals surface area contributed by atoms with Crippen LogP contribution in [0.15, 0.2) is 12.2 Å². The van der Waals surface area contributed by atoms with Crippen molar-refractivity contribution >= 4 is 5.78 Å². The van der Waals surface area contributed by atoms with Gasteiger partial charge in [-0.3, -0.25) is 9.69 Å². The van der Waals surface area contributed by atoms with Gasteiger partial charge in [0.25, 0.3) is 0 Å². The normalized spacial score (nSPS) is 57.2. The second-order valence-electron chi connectivity index (χ2n) is 10.4. The molecule has 4 bridgehead atoms. The number of Topliss-reactive ketones (excluding diaryl/α,β-unsaturated/α-hetero) is 1. The number of allylic oxidation sites excluding steroid dienone is 1. The SMILES string of the molecule is C=C1C(=O)C23CCC4C5(C)CCCC4(C4OCCN4C5)C2CCC1C3. The van der Waals surface area contributed by atoms with Crippen molar-refractivity contribution in [2.24, 2.45) is 34.0 Å². The van der Waals surface area contributed by atoms with Crippen molar-refractivity contribution in [2.75, 3.05) is 19.7 Å². The molecule has 0 aromatic rings. The molecule has 136 valence electrons. The van der Waals surface area contributed by atoms with Gasteiger partial charge in [0.1, 0.15) is 6.23 Å². The van der Waals surface area contributed by atoms with E-state index in [9.17, 15) is 4.79 Å². The molecule has 25 heavy (non-hydrogen) atoms. The van der Waals surface area contributed by atoms with Gasteiger partial charge >= 0.3 is 0 Å². The molecule has 2 aliphatic heterocycles. The molecule has 0 aromatic heterocycles. The lowest BCUT2D eigenvalue weighted by atomic mass is 9.38. The zero-order valence-electron chi connectivity index (χ0n) is 15.6. The Balaban J connectivity index is 1.54. The molecule has 6 fully saturated rings. The van der Waals surface area contributed by atoms with Gasteiger partial charge in [-0.25, -0.2) is 0 Å². The van der Waals surface area contributed by atoms with Gasteiger partial charge in [-0.2, -0.15) is 0 Å². The Bertz CT molecular complexity index is 673. The number of ether oxygens (including phenoxy) is 1. The highest BCUT2D eigenvalue weighted by atomic mass is 16.5. The van der Waals surface area contributed by atoms with Gasteiger partial charge < -0.3 is 4.74 Å². The van der Waals surface area contributed by atoms with E-state index in [0.29, 0.717) is 23.0 Å². The predicted octanol–water partition coefficient (Wildman–Crippen LogP) is 3.79. The number of ketones is 1. The quantitative estimate of drug-likeness (QED) is 0.628. The molecule has 4 saturated carbocycles. The molecule has 0 amide bonds. The predicted molar refractivity (Wildman–Crippen MR) is 95.8 cm³/mol. The second-order valence-corrected chi connectivity index (χ2v) is 10.4. The Labute approximate surface area is 151 Å². The fourth-order valence-electron chi connectivity index (χ4n) is 9.07. The van der Waals surface area contributed by atoms with Crippen molar-refractivity contribution in [3.8, 4) is 0 Å². The first-order valence-electron chi connectivity index (χ1n) is 10.6. The number of fused-ring (bicyclic) bond motifs is 2. The average Bonchev–Trinajstić information content (AvgIpc) is 3.12. The van der Waals surface area contributed by atoms with Crippen LogP contribution in [0.3, 0.4) is 0 Å². The first-order chi connectivity index (χ1) is 12.0. The highest BCUT2D eigenvalue weighted by Crippen LogP contribution is 2.74. The Hall–Kier alpha value is -0.670. The van der Waals surface area contributed by atoms with E-state index in [1.807, 2.05) is 0 Å². The third-order valence-corrected chi connectivity index (χ3v) is 9.70. The lowest BCUT2D eigenvalue weighted by Crippen LogP contribution is -2.71. The molecule has 4 aliphatic carbocycles. The van der Waals surface area contributed by atoms with Gasteiger partial charge in [0.2, 0.25) is 0 Å². The van der Waals surface area contributed by atoms with Gasteiger partial charge in [0.15, 0.2) is 5.78 Å². The molecule has 1 spiro atoms. The number of rotatable bonds is 0. The van der Waals surface area contributed by atoms with Crippen LogP contribution in [0.2, 0.25) is 0 Å². The Kier molecular flexibility index (Phi) is 2.83.